The number of hydrogen-bond donors (Lipinski definition) is 0. The number of Topliss-reactive ketones (excluding diaryl/α,β-unsaturated/α-hetero) is 1. The van der Waals surface area contributed by atoms with Crippen LogP contribution >= 0.6 is 22.6 Å². The van der Waals surface area contributed by atoms with Crippen LogP contribution in [0.15, 0.2) is 30.3 Å². The van der Waals surface area contributed by atoms with E-state index in [-0.39, 0.29) is 5.78 Å². The Bertz CT molecular complexity index is 425. The van der Waals surface area contributed by atoms with E-state index in [4.69, 9.17) is 0 Å². The molecule has 0 saturated carbocycles. The maximum atomic E-state index is 11.6. The maximum Gasteiger partial charge on any atom is 0.190 e. The molecule has 1 aromatic rings. The van der Waals surface area contributed by atoms with Gasteiger partial charge >= 0.3 is 0 Å². The van der Waals surface area contributed by atoms with E-state index in [2.05, 4.69) is 0 Å². The van der Waals surface area contributed by atoms with Gasteiger partial charge in [0.1, 0.15) is 0 Å². The lowest BCUT2D eigenvalue weighted by Gasteiger charge is -2.05. The lowest BCUT2D eigenvalue weighted by Crippen LogP contribution is -2.23. The highest BCUT2D eigenvalue weighted by molar-refractivity contribution is 14.1. The number of ketones is 1. The van der Waals surface area contributed by atoms with Crippen molar-refractivity contribution in [2.75, 3.05) is 6.26 Å². The quantitative estimate of drug-likeness (QED) is 0.483. The van der Waals surface area contributed by atoms with Crippen LogP contribution in [0.1, 0.15) is 10.4 Å². The number of hydrogen-bond acceptors (Lipinski definition) is 3. The molecule has 1 rings (SSSR count). The molecule has 76 valence electrons. The van der Waals surface area contributed by atoms with Gasteiger partial charge in [-0.1, -0.05) is 52.9 Å². The van der Waals surface area contributed by atoms with E-state index in [0.29, 0.717) is 5.56 Å². The number of halogens is 1. The normalized spacial score (nSPS) is 13.6. The summed E-state index contributed by atoms with van der Waals surface area (Å²) in [5.41, 5.74) is 0.428. The Morgan fingerprint density at radius 1 is 1.29 bits per heavy atom. The first-order chi connectivity index (χ1) is 6.43. The second-order valence-electron chi connectivity index (χ2n) is 2.88. The Hall–Kier alpha value is -0.430. The van der Waals surface area contributed by atoms with Gasteiger partial charge in [-0.3, -0.25) is 4.79 Å². The number of carbonyl (C=O) groups is 1. The van der Waals surface area contributed by atoms with Crippen molar-refractivity contribution in [2.45, 2.75) is 3.26 Å². The zero-order chi connectivity index (χ0) is 10.8. The third-order valence-electron chi connectivity index (χ3n) is 1.64. The lowest BCUT2D eigenvalue weighted by atomic mass is 10.2. The molecule has 3 nitrogen and oxygen atoms in total. The molecule has 0 amide bonds. The zero-order valence-corrected chi connectivity index (χ0v) is 10.4. The maximum absolute atomic E-state index is 11.6. The number of carbonyl (C=O) groups excluding carboxylic acids is 1. The fraction of sp³-hybridized carbons (Fsp3) is 0.222. The van der Waals surface area contributed by atoms with Crippen LogP contribution in [0.2, 0.25) is 0 Å². The van der Waals surface area contributed by atoms with Crippen LogP contribution in [0.25, 0.3) is 0 Å². The molecule has 1 unspecified atom stereocenters. The number of alkyl halides is 1. The molecule has 0 aliphatic carbocycles. The van der Waals surface area contributed by atoms with Gasteiger partial charge in [-0.05, 0) is 0 Å². The third-order valence-corrected chi connectivity index (χ3v) is 5.94. The van der Waals surface area contributed by atoms with Crippen LogP contribution in [0.5, 0.6) is 0 Å². The summed E-state index contributed by atoms with van der Waals surface area (Å²) in [5, 5.41) is 0. The molecule has 14 heavy (non-hydrogen) atoms. The first-order valence-corrected chi connectivity index (χ1v) is 7.05. The minimum absolute atomic E-state index is 0.367. The van der Waals surface area contributed by atoms with E-state index >= 15 is 0 Å². The van der Waals surface area contributed by atoms with E-state index in [1.165, 1.54) is 0 Å². The molecule has 0 N–H and O–H groups in total. The zero-order valence-electron chi connectivity index (χ0n) is 7.48. The number of sulfone groups is 1. The molecule has 5 heteroatoms. The standard InChI is InChI=1S/C9H9IO3S/c1-14(12,13)9(10)8(11)7-5-3-2-4-6-7/h2-6,9H,1H3. The van der Waals surface area contributed by atoms with Crippen molar-refractivity contribution in [1.29, 1.82) is 0 Å². The van der Waals surface area contributed by atoms with Gasteiger partial charge < -0.3 is 0 Å². The van der Waals surface area contributed by atoms with Crippen molar-refractivity contribution in [3.63, 3.8) is 0 Å². The summed E-state index contributed by atoms with van der Waals surface area (Å²) in [6.07, 6.45) is 1.06. The highest BCUT2D eigenvalue weighted by Gasteiger charge is 2.26. The Labute approximate surface area is 96.6 Å². The summed E-state index contributed by atoms with van der Waals surface area (Å²) in [6, 6.07) is 8.41. The fourth-order valence-electron chi connectivity index (χ4n) is 0.928. The third kappa shape index (κ3) is 2.78. The van der Waals surface area contributed by atoms with Gasteiger partial charge in [0.05, 0.1) is 0 Å². The van der Waals surface area contributed by atoms with Crippen molar-refractivity contribution < 1.29 is 13.2 Å². The van der Waals surface area contributed by atoms with Crippen LogP contribution in [0.3, 0.4) is 0 Å². The summed E-state index contributed by atoms with van der Waals surface area (Å²) in [7, 11) is -3.31. The van der Waals surface area contributed by atoms with Crippen molar-refractivity contribution in [2.24, 2.45) is 0 Å². The van der Waals surface area contributed by atoms with Gasteiger partial charge in [0.25, 0.3) is 0 Å². The van der Waals surface area contributed by atoms with E-state index in [1.54, 1.807) is 52.9 Å². The van der Waals surface area contributed by atoms with Gasteiger partial charge in [0.2, 0.25) is 0 Å². The minimum Gasteiger partial charge on any atom is -0.292 e. The smallest absolute Gasteiger partial charge is 0.190 e. The first-order valence-electron chi connectivity index (χ1n) is 3.85. The molecule has 1 atom stereocenters. The summed E-state index contributed by atoms with van der Waals surface area (Å²) < 4.78 is 21.2. The molecule has 0 aliphatic heterocycles. The van der Waals surface area contributed by atoms with Crippen LogP contribution < -0.4 is 0 Å². The monoisotopic (exact) mass is 324 g/mol. The molecule has 0 spiro atoms. The summed E-state index contributed by atoms with van der Waals surface area (Å²) in [6.45, 7) is 0. The summed E-state index contributed by atoms with van der Waals surface area (Å²) in [5.74, 6) is -0.367. The van der Waals surface area contributed by atoms with Crippen molar-refractivity contribution in [1.82, 2.24) is 0 Å². The molecule has 0 saturated heterocycles. The van der Waals surface area contributed by atoms with Crippen LogP contribution in [-0.2, 0) is 9.84 Å². The molecule has 0 fully saturated rings. The van der Waals surface area contributed by atoms with Gasteiger partial charge in [-0.25, -0.2) is 8.42 Å². The molecule has 0 aliphatic rings. The number of rotatable bonds is 3. The topological polar surface area (TPSA) is 51.2 Å². The van der Waals surface area contributed by atoms with E-state index in [0.717, 1.165) is 6.26 Å². The van der Waals surface area contributed by atoms with Crippen LogP contribution in [-0.4, -0.2) is 23.7 Å². The van der Waals surface area contributed by atoms with Gasteiger partial charge in [0.15, 0.2) is 18.9 Å². The first kappa shape index (κ1) is 11.6. The molecular formula is C9H9IO3S. The SMILES string of the molecule is CS(=O)(=O)C(I)C(=O)c1ccccc1. The number of benzene rings is 1. The Morgan fingerprint density at radius 2 is 1.79 bits per heavy atom. The van der Waals surface area contributed by atoms with Crippen molar-refractivity contribution >= 4 is 38.2 Å². The van der Waals surface area contributed by atoms with Gasteiger partial charge in [0, 0.05) is 11.8 Å². The van der Waals surface area contributed by atoms with Crippen molar-refractivity contribution in [3.05, 3.63) is 35.9 Å². The van der Waals surface area contributed by atoms with E-state index in [9.17, 15) is 13.2 Å². The molecule has 0 bridgehead atoms. The second-order valence-corrected chi connectivity index (χ2v) is 7.10. The molecule has 0 radical (unpaired) electrons. The van der Waals surface area contributed by atoms with Gasteiger partial charge in [-0.2, -0.15) is 0 Å². The fourth-order valence-corrected chi connectivity index (χ4v) is 1.81. The predicted octanol–water partition coefficient (Wildman–Crippen LogP) is 1.68. The van der Waals surface area contributed by atoms with Gasteiger partial charge in [-0.15, -0.1) is 0 Å². The molecule has 0 aromatic heterocycles. The minimum atomic E-state index is -3.31. The van der Waals surface area contributed by atoms with Crippen LogP contribution in [0.4, 0.5) is 0 Å². The molecule has 1 aromatic carbocycles. The van der Waals surface area contributed by atoms with E-state index < -0.39 is 13.1 Å². The Kier molecular flexibility index (Phi) is 3.65. The average Bonchev–Trinajstić information content (AvgIpc) is 2.15. The summed E-state index contributed by atoms with van der Waals surface area (Å²) in [4.78, 5) is 11.6. The molecule has 0 heterocycles. The Morgan fingerprint density at radius 3 is 2.21 bits per heavy atom. The van der Waals surface area contributed by atoms with Crippen LogP contribution in [0, 0.1) is 0 Å². The second kappa shape index (κ2) is 4.39. The average molecular weight is 324 g/mol. The largest absolute Gasteiger partial charge is 0.292 e. The highest BCUT2D eigenvalue weighted by atomic mass is 127. The predicted molar refractivity (Wildman–Crippen MR) is 63.4 cm³/mol. The van der Waals surface area contributed by atoms with E-state index in [1.807, 2.05) is 0 Å². The Balaban J connectivity index is 2.99. The summed E-state index contributed by atoms with van der Waals surface area (Å²) >= 11 is 1.64. The molecular weight excluding hydrogens is 315 g/mol. The van der Waals surface area contributed by atoms with Crippen molar-refractivity contribution in [3.8, 4) is 0 Å². The highest BCUT2D eigenvalue weighted by Crippen LogP contribution is 2.15. The lowest BCUT2D eigenvalue weighted by molar-refractivity contribution is 0.101.